The standard InChI is InChI=1S/C22H23N5O5S/c1-11-6-15-10-19(33(30,31)32)21(22(29)20(15)18(7-11)24-14(4)28)27-26-17-9-12(2)16(25-23-5)8-13(17)3/h6-10,29H,1-5H3,(H,24,28)(H,30,31,32). The van der Waals surface area contributed by atoms with E-state index in [0.717, 1.165) is 5.56 Å². The zero-order valence-corrected chi connectivity index (χ0v) is 19.5. The summed E-state index contributed by atoms with van der Waals surface area (Å²) in [5.41, 5.74) is 3.04. The van der Waals surface area contributed by atoms with Crippen LogP contribution in [0.1, 0.15) is 23.6 Å². The van der Waals surface area contributed by atoms with E-state index in [1.807, 2.05) is 6.92 Å². The quantitative estimate of drug-likeness (QED) is 0.318. The minimum Gasteiger partial charge on any atom is -0.505 e. The van der Waals surface area contributed by atoms with Gasteiger partial charge in [0.05, 0.1) is 17.1 Å². The number of nitrogens with one attached hydrogen (secondary N) is 1. The number of aryl methyl sites for hydroxylation is 3. The van der Waals surface area contributed by atoms with E-state index in [9.17, 15) is 22.9 Å². The summed E-state index contributed by atoms with van der Waals surface area (Å²) >= 11 is 0. The Morgan fingerprint density at radius 1 is 0.939 bits per heavy atom. The lowest BCUT2D eigenvalue weighted by atomic mass is 10.0. The normalized spacial score (nSPS) is 12.2. The van der Waals surface area contributed by atoms with Crippen molar-refractivity contribution in [3.63, 3.8) is 0 Å². The molecule has 33 heavy (non-hydrogen) atoms. The summed E-state index contributed by atoms with van der Waals surface area (Å²) in [7, 11) is -3.21. The largest absolute Gasteiger partial charge is 0.505 e. The van der Waals surface area contributed by atoms with Crippen LogP contribution in [0.25, 0.3) is 10.8 Å². The molecular weight excluding hydrogens is 446 g/mol. The molecule has 11 heteroatoms. The molecule has 0 aliphatic rings. The maximum Gasteiger partial charge on any atom is 0.296 e. The molecule has 0 atom stereocenters. The van der Waals surface area contributed by atoms with E-state index in [0.29, 0.717) is 27.9 Å². The van der Waals surface area contributed by atoms with Crippen LogP contribution in [-0.4, -0.2) is 31.0 Å². The second kappa shape index (κ2) is 9.04. The van der Waals surface area contributed by atoms with E-state index >= 15 is 0 Å². The minimum absolute atomic E-state index is 0.170. The average Bonchev–Trinajstić information content (AvgIpc) is 2.68. The molecule has 0 unspecified atom stereocenters. The van der Waals surface area contributed by atoms with Crippen molar-refractivity contribution in [2.24, 2.45) is 20.5 Å². The Hall–Kier alpha value is -3.70. The first-order chi connectivity index (χ1) is 15.4. The van der Waals surface area contributed by atoms with Crippen LogP contribution in [-0.2, 0) is 14.9 Å². The SMILES string of the molecule is CN=Nc1cc(C)c(N=Nc2c(S(=O)(=O)O)cc3cc(C)cc(NC(C)=O)c3c2O)cc1C. The highest BCUT2D eigenvalue weighted by atomic mass is 32.2. The second-order valence-electron chi connectivity index (χ2n) is 7.56. The Balaban J connectivity index is 2.29. The number of carbonyl (C=O) groups excluding carboxylic acids is 1. The third kappa shape index (κ3) is 5.04. The smallest absolute Gasteiger partial charge is 0.296 e. The van der Waals surface area contributed by atoms with E-state index in [1.165, 1.54) is 13.0 Å². The fourth-order valence-corrected chi connectivity index (χ4v) is 4.09. The molecule has 172 valence electrons. The van der Waals surface area contributed by atoms with Crippen molar-refractivity contribution in [2.75, 3.05) is 12.4 Å². The molecule has 1 amide bonds. The van der Waals surface area contributed by atoms with E-state index in [1.54, 1.807) is 45.2 Å². The van der Waals surface area contributed by atoms with Crippen LogP contribution in [0, 0.1) is 20.8 Å². The molecule has 3 N–H and O–H groups in total. The van der Waals surface area contributed by atoms with E-state index in [2.05, 4.69) is 25.8 Å². The number of carbonyl (C=O) groups is 1. The lowest BCUT2D eigenvalue weighted by molar-refractivity contribution is -0.114. The van der Waals surface area contributed by atoms with Gasteiger partial charge < -0.3 is 10.4 Å². The predicted molar refractivity (Wildman–Crippen MR) is 125 cm³/mol. The van der Waals surface area contributed by atoms with Gasteiger partial charge in [0.25, 0.3) is 10.1 Å². The van der Waals surface area contributed by atoms with Gasteiger partial charge in [-0.1, -0.05) is 6.07 Å². The number of phenols is 1. The number of hydrogen-bond acceptors (Lipinski definition) is 8. The number of rotatable bonds is 5. The lowest BCUT2D eigenvalue weighted by Crippen LogP contribution is -2.07. The Morgan fingerprint density at radius 2 is 1.55 bits per heavy atom. The van der Waals surface area contributed by atoms with Gasteiger partial charge in [-0.3, -0.25) is 9.35 Å². The summed E-state index contributed by atoms with van der Waals surface area (Å²) in [4.78, 5) is 11.0. The summed E-state index contributed by atoms with van der Waals surface area (Å²) in [6, 6.07) is 7.87. The molecule has 0 bridgehead atoms. The zero-order chi connectivity index (χ0) is 24.5. The highest BCUT2D eigenvalue weighted by Crippen LogP contribution is 2.45. The monoisotopic (exact) mass is 469 g/mol. The molecule has 3 aromatic rings. The number of hydrogen-bond donors (Lipinski definition) is 3. The molecule has 0 aliphatic heterocycles. The van der Waals surface area contributed by atoms with Crippen LogP contribution in [0.2, 0.25) is 0 Å². The maximum absolute atomic E-state index is 12.1. The molecule has 0 saturated heterocycles. The molecule has 0 aromatic heterocycles. The first-order valence-electron chi connectivity index (χ1n) is 9.80. The van der Waals surface area contributed by atoms with Crippen LogP contribution < -0.4 is 5.32 Å². The van der Waals surface area contributed by atoms with Gasteiger partial charge in [-0.15, -0.1) is 5.11 Å². The summed E-state index contributed by atoms with van der Waals surface area (Å²) in [6.45, 7) is 6.63. The molecule has 0 fully saturated rings. The number of benzene rings is 3. The van der Waals surface area contributed by atoms with Gasteiger partial charge in [0.15, 0.2) is 5.75 Å². The fourth-order valence-electron chi connectivity index (χ4n) is 3.43. The third-order valence-corrected chi connectivity index (χ3v) is 5.73. The number of amides is 1. The van der Waals surface area contributed by atoms with Crippen molar-refractivity contribution < 1.29 is 22.9 Å². The van der Waals surface area contributed by atoms with Crippen LogP contribution in [0.4, 0.5) is 22.7 Å². The molecule has 0 saturated carbocycles. The van der Waals surface area contributed by atoms with Crippen molar-refractivity contribution in [1.82, 2.24) is 0 Å². The molecule has 0 aliphatic carbocycles. The topological polar surface area (TPSA) is 153 Å². The van der Waals surface area contributed by atoms with Gasteiger partial charge in [-0.2, -0.15) is 23.8 Å². The van der Waals surface area contributed by atoms with Crippen molar-refractivity contribution in [3.05, 3.63) is 47.0 Å². The Labute approximate surface area is 190 Å². The van der Waals surface area contributed by atoms with Gasteiger partial charge in [-0.25, -0.2) is 0 Å². The highest BCUT2D eigenvalue weighted by molar-refractivity contribution is 7.86. The number of aromatic hydroxyl groups is 1. The molecule has 0 radical (unpaired) electrons. The number of nitrogens with zero attached hydrogens (tertiary/aromatic N) is 4. The maximum atomic E-state index is 12.1. The van der Waals surface area contributed by atoms with E-state index < -0.39 is 26.5 Å². The Morgan fingerprint density at radius 3 is 2.09 bits per heavy atom. The number of fused-ring (bicyclic) bond motifs is 1. The van der Waals surface area contributed by atoms with Crippen LogP contribution in [0.15, 0.2) is 55.7 Å². The van der Waals surface area contributed by atoms with Gasteiger partial charge in [0.1, 0.15) is 10.6 Å². The summed E-state index contributed by atoms with van der Waals surface area (Å²) < 4.78 is 34.0. The Bertz CT molecular complexity index is 1450. The van der Waals surface area contributed by atoms with Crippen LogP contribution in [0.3, 0.4) is 0 Å². The van der Waals surface area contributed by atoms with Crippen molar-refractivity contribution in [2.45, 2.75) is 32.6 Å². The number of azo groups is 2. The first-order valence-corrected chi connectivity index (χ1v) is 11.2. The predicted octanol–water partition coefficient (Wildman–Crippen LogP) is 5.80. The van der Waals surface area contributed by atoms with Gasteiger partial charge >= 0.3 is 0 Å². The summed E-state index contributed by atoms with van der Waals surface area (Å²) in [5.74, 6) is -0.919. The van der Waals surface area contributed by atoms with Crippen molar-refractivity contribution in [1.29, 1.82) is 0 Å². The van der Waals surface area contributed by atoms with E-state index in [-0.39, 0.29) is 17.0 Å². The molecule has 3 aromatic carbocycles. The van der Waals surface area contributed by atoms with Gasteiger partial charge in [-0.05, 0) is 67.1 Å². The average molecular weight is 470 g/mol. The fraction of sp³-hybridized carbons (Fsp3) is 0.227. The highest BCUT2D eigenvalue weighted by Gasteiger charge is 2.24. The molecular formula is C22H23N5O5S. The van der Waals surface area contributed by atoms with Gasteiger partial charge in [0, 0.05) is 19.4 Å². The number of phenolic OH excluding ortho intramolecular Hbond substituents is 1. The second-order valence-corrected chi connectivity index (χ2v) is 8.95. The molecule has 10 nitrogen and oxygen atoms in total. The molecule has 0 heterocycles. The van der Waals surface area contributed by atoms with Crippen LogP contribution in [0.5, 0.6) is 5.75 Å². The van der Waals surface area contributed by atoms with Crippen molar-refractivity contribution >= 4 is 49.5 Å². The molecule has 3 rings (SSSR count). The summed E-state index contributed by atoms with van der Waals surface area (Å²) in [5, 5.41) is 30.0. The molecule has 0 spiro atoms. The van der Waals surface area contributed by atoms with Crippen LogP contribution >= 0.6 is 0 Å². The van der Waals surface area contributed by atoms with Gasteiger partial charge in [0.2, 0.25) is 5.91 Å². The van der Waals surface area contributed by atoms with Crippen molar-refractivity contribution in [3.8, 4) is 5.75 Å². The van der Waals surface area contributed by atoms with E-state index in [4.69, 9.17) is 0 Å². The number of anilines is 1. The zero-order valence-electron chi connectivity index (χ0n) is 18.7. The minimum atomic E-state index is -4.76. The Kier molecular flexibility index (Phi) is 6.56. The third-order valence-electron chi connectivity index (χ3n) is 4.86. The first kappa shape index (κ1) is 24.0. The summed E-state index contributed by atoms with van der Waals surface area (Å²) in [6.07, 6.45) is 0. The lowest BCUT2D eigenvalue weighted by Gasteiger charge is -2.14.